The van der Waals surface area contributed by atoms with E-state index in [0.29, 0.717) is 51.5 Å². The maximum absolute atomic E-state index is 15.1. The molecule has 0 amide bonds. The van der Waals surface area contributed by atoms with Gasteiger partial charge in [-0.15, -0.1) is 0 Å². The molecule has 0 atom stereocenters. The van der Waals surface area contributed by atoms with Crippen molar-refractivity contribution in [1.82, 2.24) is 34.9 Å². The van der Waals surface area contributed by atoms with Crippen LogP contribution in [-0.4, -0.2) is 34.9 Å². The number of anilines is 4. The molecule has 222 valence electrons. The molecule has 0 radical (unpaired) electrons. The highest BCUT2D eigenvalue weighted by Gasteiger charge is 2.15. The fourth-order valence-electron chi connectivity index (χ4n) is 5.45. The van der Waals surface area contributed by atoms with Gasteiger partial charge < -0.3 is 20.6 Å². The molecule has 0 fully saturated rings. The molecule has 8 rings (SSSR count). The van der Waals surface area contributed by atoms with E-state index >= 15 is 4.39 Å². The Kier molecular flexibility index (Phi) is 6.64. The monoisotopic (exact) mass is 603 g/mol. The molecule has 0 aliphatic carbocycles. The molecule has 0 bridgehead atoms. The number of rotatable bonds is 7. The summed E-state index contributed by atoms with van der Waals surface area (Å²) in [6.45, 7) is 1.96. The first-order chi connectivity index (χ1) is 22.6. The molecule has 10 heteroatoms. The van der Waals surface area contributed by atoms with E-state index in [1.54, 1.807) is 6.07 Å². The maximum Gasteiger partial charge on any atom is 0.215 e. The predicted molar refractivity (Wildman–Crippen MR) is 180 cm³/mol. The summed E-state index contributed by atoms with van der Waals surface area (Å²) in [5.41, 5.74) is 6.56. The van der Waals surface area contributed by atoms with Gasteiger partial charge in [0.2, 0.25) is 5.95 Å². The van der Waals surface area contributed by atoms with E-state index in [2.05, 4.69) is 25.6 Å². The normalized spacial score (nSPS) is 11.3. The quantitative estimate of drug-likeness (QED) is 0.135. The van der Waals surface area contributed by atoms with Gasteiger partial charge in [-0.2, -0.15) is 4.39 Å². The molecular formula is C36H26FN9. The molecule has 0 aliphatic heterocycles. The van der Waals surface area contributed by atoms with Gasteiger partial charge in [-0.25, -0.2) is 24.9 Å². The van der Waals surface area contributed by atoms with Crippen LogP contribution in [0, 0.1) is 12.9 Å². The lowest BCUT2D eigenvalue weighted by atomic mass is 10.1. The third kappa shape index (κ3) is 5.28. The van der Waals surface area contributed by atoms with Crippen molar-refractivity contribution in [3.63, 3.8) is 0 Å². The first-order valence-electron chi connectivity index (χ1n) is 14.7. The summed E-state index contributed by atoms with van der Waals surface area (Å²) >= 11 is 0. The molecule has 0 saturated carbocycles. The minimum absolute atomic E-state index is 0.451. The predicted octanol–water partition coefficient (Wildman–Crippen LogP) is 8.56. The smallest absolute Gasteiger partial charge is 0.215 e. The lowest BCUT2D eigenvalue weighted by Crippen LogP contribution is -2.01. The Morgan fingerprint density at radius 3 is 2.07 bits per heavy atom. The third-order valence-corrected chi connectivity index (χ3v) is 7.58. The Morgan fingerprint density at radius 2 is 1.24 bits per heavy atom. The lowest BCUT2D eigenvalue weighted by molar-refractivity contribution is 0.586. The Hall–Kier alpha value is -6.42. The summed E-state index contributed by atoms with van der Waals surface area (Å²) in [4.78, 5) is 29.9. The molecule has 5 aromatic heterocycles. The highest BCUT2D eigenvalue weighted by molar-refractivity contribution is 5.92. The molecule has 3 aromatic carbocycles. The number of aromatic nitrogens is 7. The van der Waals surface area contributed by atoms with Crippen molar-refractivity contribution in [2.24, 2.45) is 0 Å². The first-order valence-corrected chi connectivity index (χ1v) is 14.7. The number of aromatic amines is 2. The second-order valence-corrected chi connectivity index (χ2v) is 10.9. The molecule has 5 heterocycles. The molecule has 46 heavy (non-hydrogen) atoms. The molecule has 8 aromatic rings. The number of nitrogens with one attached hydrogen (secondary N) is 4. The highest BCUT2D eigenvalue weighted by Crippen LogP contribution is 2.32. The van der Waals surface area contributed by atoms with Crippen LogP contribution in [0.5, 0.6) is 0 Å². The Morgan fingerprint density at radius 1 is 0.565 bits per heavy atom. The van der Waals surface area contributed by atoms with Crippen LogP contribution in [0.15, 0.2) is 115 Å². The second-order valence-electron chi connectivity index (χ2n) is 10.9. The van der Waals surface area contributed by atoms with Gasteiger partial charge in [0.25, 0.3) is 0 Å². The zero-order valence-electron chi connectivity index (χ0n) is 24.6. The van der Waals surface area contributed by atoms with Gasteiger partial charge in [-0.1, -0.05) is 66.7 Å². The number of hydrogen-bond donors (Lipinski definition) is 4. The van der Waals surface area contributed by atoms with Crippen LogP contribution in [0.2, 0.25) is 0 Å². The summed E-state index contributed by atoms with van der Waals surface area (Å²) in [5.74, 6) is 1.69. The highest BCUT2D eigenvalue weighted by atomic mass is 19.1. The summed E-state index contributed by atoms with van der Waals surface area (Å²) in [7, 11) is 0. The van der Waals surface area contributed by atoms with Gasteiger partial charge in [0.15, 0.2) is 11.6 Å². The number of benzene rings is 3. The molecular weight excluding hydrogens is 577 g/mol. The summed E-state index contributed by atoms with van der Waals surface area (Å²) in [6.07, 6.45) is 1.84. The average Bonchev–Trinajstić information content (AvgIpc) is 3.72. The maximum atomic E-state index is 15.1. The summed E-state index contributed by atoms with van der Waals surface area (Å²) in [6, 6.07) is 34.3. The van der Waals surface area contributed by atoms with Gasteiger partial charge in [0, 0.05) is 46.0 Å². The molecule has 0 saturated heterocycles. The number of H-pyrrole nitrogens is 2. The number of pyridine rings is 1. The first kappa shape index (κ1) is 27.2. The number of fused-ring (bicyclic) bond motifs is 2. The number of para-hydroxylation sites is 1. The number of nitrogens with zero attached hydrogens (tertiary/aromatic N) is 5. The van der Waals surface area contributed by atoms with E-state index in [1.165, 1.54) is 6.07 Å². The van der Waals surface area contributed by atoms with Crippen LogP contribution >= 0.6 is 0 Å². The van der Waals surface area contributed by atoms with E-state index in [-0.39, 0.29) is 0 Å². The SMILES string of the molecule is Cc1cc2c(Nc3cc(F)nc(-c4cccc(-c5nc(Nc6ccccc6)c6cc[nH]c6n5)c4)c3)nc(-c3ccccc3)nc2[nH]1. The largest absolute Gasteiger partial charge is 0.346 e. The summed E-state index contributed by atoms with van der Waals surface area (Å²) < 4.78 is 15.1. The van der Waals surface area contributed by atoms with E-state index in [4.69, 9.17) is 19.9 Å². The number of halogens is 1. The second kappa shape index (κ2) is 11.3. The summed E-state index contributed by atoms with van der Waals surface area (Å²) in [5, 5.41) is 8.40. The van der Waals surface area contributed by atoms with Crippen LogP contribution in [0.4, 0.5) is 27.4 Å². The molecule has 4 N–H and O–H groups in total. The van der Waals surface area contributed by atoms with Gasteiger partial charge in [0.1, 0.15) is 22.9 Å². The van der Waals surface area contributed by atoms with Gasteiger partial charge in [-0.05, 0) is 43.3 Å². The van der Waals surface area contributed by atoms with E-state index < -0.39 is 5.95 Å². The minimum Gasteiger partial charge on any atom is -0.346 e. The van der Waals surface area contributed by atoms with Crippen LogP contribution in [0.1, 0.15) is 5.69 Å². The van der Waals surface area contributed by atoms with Crippen molar-refractivity contribution in [2.75, 3.05) is 10.6 Å². The van der Waals surface area contributed by atoms with Gasteiger partial charge in [-0.3, -0.25) is 0 Å². The zero-order chi connectivity index (χ0) is 31.0. The van der Waals surface area contributed by atoms with Crippen molar-refractivity contribution in [2.45, 2.75) is 6.92 Å². The van der Waals surface area contributed by atoms with E-state index in [9.17, 15) is 0 Å². The molecule has 0 spiro atoms. The Bertz CT molecular complexity index is 2350. The molecule has 9 nitrogen and oxygen atoms in total. The topological polar surface area (TPSA) is 120 Å². The van der Waals surface area contributed by atoms with Crippen molar-refractivity contribution >= 4 is 45.1 Å². The number of hydrogen-bond acceptors (Lipinski definition) is 7. The van der Waals surface area contributed by atoms with Crippen molar-refractivity contribution in [3.05, 3.63) is 127 Å². The fourth-order valence-corrected chi connectivity index (χ4v) is 5.45. The number of aryl methyl sites for hydroxylation is 1. The van der Waals surface area contributed by atoms with Crippen LogP contribution in [0.25, 0.3) is 56.1 Å². The van der Waals surface area contributed by atoms with Gasteiger partial charge in [0.05, 0.1) is 16.5 Å². The minimum atomic E-state index is -0.623. The standard InChI is InChI=1S/C36H26FN9/c1-21-17-28-35(39-21)44-31(22-9-4-2-5-10-22)45-36(28)41-26-19-29(42-30(37)20-26)23-11-8-12-24(18-23)32-43-33-27(15-16-38-33)34(46-32)40-25-13-6-3-7-14-25/h2-20H,1H3,(H2,38,40,43,46)(H2,39,41,42,44,45). The van der Waals surface area contributed by atoms with Crippen molar-refractivity contribution in [1.29, 1.82) is 0 Å². The Balaban J connectivity index is 1.16. The average molecular weight is 604 g/mol. The fraction of sp³-hybridized carbons (Fsp3) is 0.0278. The molecule has 0 aliphatic rings. The van der Waals surface area contributed by atoms with Crippen LogP contribution in [-0.2, 0) is 0 Å². The zero-order valence-corrected chi connectivity index (χ0v) is 24.6. The van der Waals surface area contributed by atoms with Gasteiger partial charge >= 0.3 is 0 Å². The molecule has 0 unspecified atom stereocenters. The Labute approximate surface area is 262 Å². The lowest BCUT2D eigenvalue weighted by Gasteiger charge is -2.12. The van der Waals surface area contributed by atoms with E-state index in [0.717, 1.165) is 33.3 Å². The van der Waals surface area contributed by atoms with Crippen molar-refractivity contribution in [3.8, 4) is 34.0 Å². The van der Waals surface area contributed by atoms with Crippen molar-refractivity contribution < 1.29 is 4.39 Å². The third-order valence-electron chi connectivity index (χ3n) is 7.58. The van der Waals surface area contributed by atoms with E-state index in [1.807, 2.05) is 110 Å². The van der Waals surface area contributed by atoms with Crippen LogP contribution in [0.3, 0.4) is 0 Å². The van der Waals surface area contributed by atoms with Crippen LogP contribution < -0.4 is 10.6 Å².